The molecule has 0 heterocycles. The van der Waals surface area contributed by atoms with Crippen molar-refractivity contribution in [2.45, 2.75) is 25.6 Å². The molecule has 0 amide bonds. The van der Waals surface area contributed by atoms with Gasteiger partial charge in [0.2, 0.25) is 0 Å². The first-order valence-electron chi connectivity index (χ1n) is 5.90. The molecule has 102 valence electrons. The predicted molar refractivity (Wildman–Crippen MR) is 70.8 cm³/mol. The minimum Gasteiger partial charge on any atom is -0.313 e. The Hall–Kier alpha value is -0.680. The molecule has 5 heteroatoms. The molecule has 0 saturated heterocycles. The van der Waals surface area contributed by atoms with Crippen LogP contribution in [0, 0.1) is 0 Å². The van der Waals surface area contributed by atoms with Crippen molar-refractivity contribution in [1.29, 1.82) is 0 Å². The van der Waals surface area contributed by atoms with E-state index in [1.165, 1.54) is 12.1 Å². The summed E-state index contributed by atoms with van der Waals surface area (Å²) in [5, 5.41) is 3.16. The summed E-state index contributed by atoms with van der Waals surface area (Å²) in [7, 11) is 0. The Morgan fingerprint density at radius 1 is 1.22 bits per heavy atom. The first kappa shape index (κ1) is 15.4. The molecule has 0 aliphatic carbocycles. The summed E-state index contributed by atoms with van der Waals surface area (Å²) in [5.41, 5.74) is 0.0962. The van der Waals surface area contributed by atoms with Crippen LogP contribution in [0.1, 0.15) is 24.0 Å². The van der Waals surface area contributed by atoms with Crippen LogP contribution in [0.15, 0.2) is 24.3 Å². The summed E-state index contributed by atoms with van der Waals surface area (Å²) in [5.74, 6) is 1.13. The molecule has 1 aromatic rings. The average Bonchev–Trinajstić information content (AvgIpc) is 2.33. The van der Waals surface area contributed by atoms with E-state index in [2.05, 4.69) is 11.6 Å². The second-order valence-corrected chi connectivity index (χ2v) is 5.06. The molecular formula is C13H18F3NS. The van der Waals surface area contributed by atoms with Gasteiger partial charge in [-0.3, -0.25) is 0 Å². The highest BCUT2D eigenvalue weighted by atomic mass is 32.2. The molecule has 0 bridgehead atoms. The third-order valence-electron chi connectivity index (χ3n) is 2.54. The Balaban J connectivity index is 2.34. The van der Waals surface area contributed by atoms with Gasteiger partial charge in [-0.2, -0.15) is 24.9 Å². The number of hydrogen-bond donors (Lipinski definition) is 1. The maximum absolute atomic E-state index is 12.5. The SMILES string of the molecule is CSCCCCNCc1cccc(C(F)(F)F)c1. The Kier molecular flexibility index (Phi) is 6.57. The summed E-state index contributed by atoms with van der Waals surface area (Å²) in [6.45, 7) is 1.33. The molecule has 0 unspecified atom stereocenters. The van der Waals surface area contributed by atoms with Gasteiger partial charge in [0, 0.05) is 6.54 Å². The van der Waals surface area contributed by atoms with Gasteiger partial charge in [0.25, 0.3) is 0 Å². The molecule has 1 nitrogen and oxygen atoms in total. The highest BCUT2D eigenvalue weighted by molar-refractivity contribution is 7.98. The monoisotopic (exact) mass is 277 g/mol. The molecule has 0 fully saturated rings. The Morgan fingerprint density at radius 3 is 2.67 bits per heavy atom. The molecule has 0 atom stereocenters. The molecule has 1 N–H and O–H groups in total. The smallest absolute Gasteiger partial charge is 0.313 e. The number of rotatable bonds is 7. The molecule has 0 aliphatic rings. The lowest BCUT2D eigenvalue weighted by molar-refractivity contribution is -0.137. The first-order valence-corrected chi connectivity index (χ1v) is 7.29. The van der Waals surface area contributed by atoms with E-state index in [1.807, 2.05) is 11.8 Å². The number of benzene rings is 1. The fraction of sp³-hybridized carbons (Fsp3) is 0.538. The topological polar surface area (TPSA) is 12.0 Å². The van der Waals surface area contributed by atoms with Crippen LogP contribution in [-0.2, 0) is 12.7 Å². The van der Waals surface area contributed by atoms with Crippen LogP contribution in [-0.4, -0.2) is 18.6 Å². The fourth-order valence-electron chi connectivity index (χ4n) is 1.59. The molecule has 0 aromatic heterocycles. The van der Waals surface area contributed by atoms with Gasteiger partial charge in [-0.1, -0.05) is 18.2 Å². The van der Waals surface area contributed by atoms with Gasteiger partial charge >= 0.3 is 6.18 Å². The van der Waals surface area contributed by atoms with Gasteiger partial charge in [0.05, 0.1) is 5.56 Å². The molecule has 0 spiro atoms. The lowest BCUT2D eigenvalue weighted by Crippen LogP contribution is -2.15. The lowest BCUT2D eigenvalue weighted by Gasteiger charge is -2.09. The normalized spacial score (nSPS) is 11.8. The Bertz CT molecular complexity index is 352. The van der Waals surface area contributed by atoms with Crippen LogP contribution in [0.25, 0.3) is 0 Å². The van der Waals surface area contributed by atoms with E-state index in [0.29, 0.717) is 12.1 Å². The first-order chi connectivity index (χ1) is 8.54. The highest BCUT2D eigenvalue weighted by Gasteiger charge is 2.30. The quantitative estimate of drug-likeness (QED) is 0.758. The van der Waals surface area contributed by atoms with Gasteiger partial charge in [-0.05, 0) is 43.0 Å². The van der Waals surface area contributed by atoms with Crippen molar-refractivity contribution in [2.24, 2.45) is 0 Å². The third kappa shape index (κ3) is 5.78. The van der Waals surface area contributed by atoms with E-state index in [0.717, 1.165) is 31.2 Å². The number of hydrogen-bond acceptors (Lipinski definition) is 2. The summed E-state index contributed by atoms with van der Waals surface area (Å²) in [6.07, 6.45) is 0.000974. The zero-order valence-corrected chi connectivity index (χ0v) is 11.2. The number of unbranched alkanes of at least 4 members (excludes halogenated alkanes) is 1. The standard InChI is InChI=1S/C13H18F3NS/c1-18-8-3-2-7-17-10-11-5-4-6-12(9-11)13(14,15)16/h4-6,9,17H,2-3,7-8,10H2,1H3. The average molecular weight is 277 g/mol. The van der Waals surface area contributed by atoms with Crippen molar-refractivity contribution in [2.75, 3.05) is 18.6 Å². The van der Waals surface area contributed by atoms with Crippen LogP contribution < -0.4 is 5.32 Å². The van der Waals surface area contributed by atoms with E-state index in [9.17, 15) is 13.2 Å². The molecular weight excluding hydrogens is 259 g/mol. The van der Waals surface area contributed by atoms with Crippen LogP contribution >= 0.6 is 11.8 Å². The minimum atomic E-state index is -4.26. The van der Waals surface area contributed by atoms with Crippen molar-refractivity contribution >= 4 is 11.8 Å². The molecule has 0 radical (unpaired) electrons. The number of halogens is 3. The van der Waals surface area contributed by atoms with Gasteiger partial charge < -0.3 is 5.32 Å². The molecule has 1 aromatic carbocycles. The number of alkyl halides is 3. The van der Waals surface area contributed by atoms with Gasteiger partial charge in [0.15, 0.2) is 0 Å². The van der Waals surface area contributed by atoms with Crippen LogP contribution in [0.5, 0.6) is 0 Å². The molecule has 0 aliphatic heterocycles. The molecule has 1 rings (SSSR count). The zero-order valence-electron chi connectivity index (χ0n) is 10.4. The molecule has 18 heavy (non-hydrogen) atoms. The maximum Gasteiger partial charge on any atom is 0.416 e. The van der Waals surface area contributed by atoms with Crippen LogP contribution in [0.3, 0.4) is 0 Å². The zero-order chi connectivity index (χ0) is 13.4. The molecule has 0 saturated carbocycles. The van der Waals surface area contributed by atoms with Gasteiger partial charge in [0.1, 0.15) is 0 Å². The fourth-order valence-corrected chi connectivity index (χ4v) is 2.08. The van der Waals surface area contributed by atoms with E-state index >= 15 is 0 Å². The van der Waals surface area contributed by atoms with E-state index in [-0.39, 0.29) is 0 Å². The Morgan fingerprint density at radius 2 is 2.00 bits per heavy atom. The van der Waals surface area contributed by atoms with Crippen molar-refractivity contribution < 1.29 is 13.2 Å². The number of nitrogens with one attached hydrogen (secondary N) is 1. The highest BCUT2D eigenvalue weighted by Crippen LogP contribution is 2.29. The maximum atomic E-state index is 12.5. The summed E-state index contributed by atoms with van der Waals surface area (Å²) < 4.78 is 37.4. The third-order valence-corrected chi connectivity index (χ3v) is 3.23. The second-order valence-electron chi connectivity index (χ2n) is 4.07. The van der Waals surface area contributed by atoms with Crippen LogP contribution in [0.2, 0.25) is 0 Å². The van der Waals surface area contributed by atoms with Crippen molar-refractivity contribution in [3.63, 3.8) is 0 Å². The second kappa shape index (κ2) is 7.69. The van der Waals surface area contributed by atoms with Crippen molar-refractivity contribution in [3.8, 4) is 0 Å². The van der Waals surface area contributed by atoms with Crippen molar-refractivity contribution in [1.82, 2.24) is 5.32 Å². The van der Waals surface area contributed by atoms with Crippen molar-refractivity contribution in [3.05, 3.63) is 35.4 Å². The summed E-state index contributed by atoms with van der Waals surface area (Å²) in [6, 6.07) is 5.47. The van der Waals surface area contributed by atoms with E-state index in [1.54, 1.807) is 6.07 Å². The number of thioether (sulfide) groups is 1. The predicted octanol–water partition coefficient (Wildman–Crippen LogP) is 3.94. The van der Waals surface area contributed by atoms with E-state index < -0.39 is 11.7 Å². The lowest BCUT2D eigenvalue weighted by atomic mass is 10.1. The summed E-state index contributed by atoms with van der Waals surface area (Å²) >= 11 is 1.81. The van der Waals surface area contributed by atoms with Crippen LogP contribution in [0.4, 0.5) is 13.2 Å². The van der Waals surface area contributed by atoms with Gasteiger partial charge in [-0.25, -0.2) is 0 Å². The van der Waals surface area contributed by atoms with Gasteiger partial charge in [-0.15, -0.1) is 0 Å². The van der Waals surface area contributed by atoms with E-state index in [4.69, 9.17) is 0 Å². The summed E-state index contributed by atoms with van der Waals surface area (Å²) in [4.78, 5) is 0. The Labute approximate surface area is 110 Å². The minimum absolute atomic E-state index is 0.489. The largest absolute Gasteiger partial charge is 0.416 e.